The topological polar surface area (TPSA) is 46.7 Å². The van der Waals surface area contributed by atoms with E-state index in [1.807, 2.05) is 97.1 Å². The SMILES string of the molecule is CC(C)(CCC(C)(C)O[N]c1c(-c2ccc(Cl)cc2)cc(-c2ccc(Cl)cc2)cc1C(C)(C)C)O[N]c1c(-c2ccc(Cl)cc2)cc(-c2ccc(Cl)cc2)cc1C(C)(C)C. The molecule has 6 aromatic rings. The molecule has 312 valence electrons. The molecule has 6 rings (SSSR count). The highest BCUT2D eigenvalue weighted by Crippen LogP contribution is 2.44. The van der Waals surface area contributed by atoms with Crippen molar-refractivity contribution >= 4 is 57.8 Å². The van der Waals surface area contributed by atoms with E-state index in [0.29, 0.717) is 32.9 Å². The number of rotatable bonds is 13. The number of benzene rings is 6. The van der Waals surface area contributed by atoms with Gasteiger partial charge < -0.3 is 0 Å². The summed E-state index contributed by atoms with van der Waals surface area (Å²) in [7, 11) is 0. The van der Waals surface area contributed by atoms with Crippen molar-refractivity contribution in [3.63, 3.8) is 0 Å². The van der Waals surface area contributed by atoms with Gasteiger partial charge in [0.25, 0.3) is 0 Å². The maximum atomic E-state index is 6.55. The van der Waals surface area contributed by atoms with Crippen molar-refractivity contribution in [1.29, 1.82) is 0 Å². The van der Waals surface area contributed by atoms with E-state index in [1.165, 1.54) is 0 Å². The van der Waals surface area contributed by atoms with Crippen molar-refractivity contribution < 1.29 is 9.68 Å². The summed E-state index contributed by atoms with van der Waals surface area (Å²) in [6.07, 6.45) is 1.30. The lowest BCUT2D eigenvalue weighted by molar-refractivity contribution is -0.108. The Morgan fingerprint density at radius 3 is 0.900 bits per heavy atom. The van der Waals surface area contributed by atoms with Crippen LogP contribution in [0.1, 0.15) is 93.2 Å². The molecule has 0 atom stereocenters. The summed E-state index contributed by atoms with van der Waals surface area (Å²) in [6.45, 7) is 21.4. The molecule has 0 spiro atoms. The second-order valence-electron chi connectivity index (χ2n) is 18.8. The van der Waals surface area contributed by atoms with E-state index in [-0.39, 0.29) is 10.8 Å². The van der Waals surface area contributed by atoms with Crippen molar-refractivity contribution in [2.24, 2.45) is 0 Å². The van der Waals surface area contributed by atoms with Crippen molar-refractivity contribution in [2.75, 3.05) is 0 Å². The van der Waals surface area contributed by atoms with Crippen molar-refractivity contribution in [2.45, 2.75) is 104 Å². The van der Waals surface area contributed by atoms with E-state index in [4.69, 9.17) is 67.0 Å². The predicted molar refractivity (Wildman–Crippen MR) is 255 cm³/mol. The lowest BCUT2D eigenvalue weighted by Gasteiger charge is -2.32. The molecule has 0 unspecified atom stereocenters. The molecule has 0 aliphatic heterocycles. The fourth-order valence-corrected chi connectivity index (χ4v) is 7.46. The molecule has 0 aliphatic carbocycles. The smallest absolute Gasteiger partial charge is 0.102 e. The van der Waals surface area contributed by atoms with Crippen LogP contribution < -0.4 is 11.0 Å². The molecule has 60 heavy (non-hydrogen) atoms. The summed E-state index contributed by atoms with van der Waals surface area (Å²) < 4.78 is 0. The maximum absolute atomic E-state index is 6.55. The van der Waals surface area contributed by atoms with Crippen molar-refractivity contribution in [3.8, 4) is 44.5 Å². The van der Waals surface area contributed by atoms with E-state index >= 15 is 0 Å². The van der Waals surface area contributed by atoms with Gasteiger partial charge in [0, 0.05) is 31.2 Å². The summed E-state index contributed by atoms with van der Waals surface area (Å²) in [5.74, 6) is 0. The van der Waals surface area contributed by atoms with Gasteiger partial charge in [-0.15, -0.1) is 11.0 Å². The molecule has 0 saturated heterocycles. The Labute approximate surface area is 377 Å². The zero-order chi connectivity index (χ0) is 43.6. The van der Waals surface area contributed by atoms with Crippen molar-refractivity contribution in [3.05, 3.63) is 153 Å². The number of halogens is 4. The van der Waals surface area contributed by atoms with Gasteiger partial charge in [-0.25, -0.2) is 9.68 Å². The van der Waals surface area contributed by atoms with Crippen molar-refractivity contribution in [1.82, 2.24) is 11.0 Å². The molecule has 0 bridgehead atoms. The van der Waals surface area contributed by atoms with E-state index in [9.17, 15) is 0 Å². The molecule has 6 aromatic carbocycles. The Hall–Kier alpha value is -4.00. The van der Waals surface area contributed by atoms with E-state index in [1.54, 1.807) is 0 Å². The minimum atomic E-state index is -0.646. The third-order valence-electron chi connectivity index (χ3n) is 10.6. The third-order valence-corrected chi connectivity index (χ3v) is 11.6. The first-order valence-corrected chi connectivity index (χ1v) is 21.8. The van der Waals surface area contributed by atoms with Crippen LogP contribution in [0.25, 0.3) is 44.5 Å². The largest absolute Gasteiger partial charge is 0.246 e. The Morgan fingerprint density at radius 1 is 0.367 bits per heavy atom. The molecule has 4 nitrogen and oxygen atoms in total. The van der Waals surface area contributed by atoms with Crippen LogP contribution in [0.2, 0.25) is 20.1 Å². The summed E-state index contributed by atoms with van der Waals surface area (Å²) in [4.78, 5) is 13.1. The van der Waals surface area contributed by atoms with Gasteiger partial charge in [-0.1, -0.05) is 136 Å². The van der Waals surface area contributed by atoms with Crippen LogP contribution in [0.4, 0.5) is 11.4 Å². The van der Waals surface area contributed by atoms with Crippen LogP contribution >= 0.6 is 46.4 Å². The van der Waals surface area contributed by atoms with Gasteiger partial charge in [-0.3, -0.25) is 0 Å². The minimum Gasteiger partial charge on any atom is -0.246 e. The predicted octanol–water partition coefficient (Wildman–Crippen LogP) is 16.9. The number of hydrogen-bond acceptors (Lipinski definition) is 2. The first-order valence-electron chi connectivity index (χ1n) is 20.3. The van der Waals surface area contributed by atoms with Gasteiger partial charge in [0.1, 0.15) is 11.4 Å². The maximum Gasteiger partial charge on any atom is 0.102 e. The number of hydrogen-bond donors (Lipinski definition) is 0. The summed E-state index contributed by atoms with van der Waals surface area (Å²) in [5.41, 5.74) is 20.0. The Kier molecular flexibility index (Phi) is 13.8. The van der Waals surface area contributed by atoms with Crippen LogP contribution in [-0.4, -0.2) is 11.2 Å². The Balaban J connectivity index is 1.26. The normalized spacial score (nSPS) is 12.4. The van der Waals surface area contributed by atoms with E-state index in [0.717, 1.165) is 67.0 Å². The molecular weight excluding hydrogens is 826 g/mol. The fourth-order valence-electron chi connectivity index (χ4n) is 6.96. The first-order chi connectivity index (χ1) is 28.1. The average molecular weight is 881 g/mol. The van der Waals surface area contributed by atoms with Crippen LogP contribution in [-0.2, 0) is 20.5 Å². The molecule has 0 fully saturated rings. The Morgan fingerprint density at radius 2 is 0.633 bits per heavy atom. The molecule has 2 radical (unpaired) electrons. The van der Waals surface area contributed by atoms with Gasteiger partial charge >= 0.3 is 0 Å². The van der Waals surface area contributed by atoms with Crippen LogP contribution in [0.3, 0.4) is 0 Å². The zero-order valence-corrected chi connectivity index (χ0v) is 39.2. The highest BCUT2D eigenvalue weighted by atomic mass is 35.5. The lowest BCUT2D eigenvalue weighted by Crippen LogP contribution is -2.34. The zero-order valence-electron chi connectivity index (χ0n) is 36.2. The van der Waals surface area contributed by atoms with E-state index < -0.39 is 11.2 Å². The van der Waals surface area contributed by atoms with Crippen LogP contribution in [0, 0.1) is 0 Å². The monoisotopic (exact) mass is 878 g/mol. The van der Waals surface area contributed by atoms with Gasteiger partial charge in [0.15, 0.2) is 0 Å². The minimum absolute atomic E-state index is 0.253. The molecule has 0 aliphatic rings. The molecular formula is C52H54Cl4N2O2. The molecule has 0 heterocycles. The quantitative estimate of drug-likeness (QED) is 0.109. The first kappa shape index (κ1) is 45.5. The molecule has 0 amide bonds. The van der Waals surface area contributed by atoms with Crippen LogP contribution in [0.15, 0.2) is 121 Å². The van der Waals surface area contributed by atoms with Crippen LogP contribution in [0.5, 0.6) is 0 Å². The van der Waals surface area contributed by atoms with Gasteiger partial charge in [-0.2, -0.15) is 0 Å². The van der Waals surface area contributed by atoms with Gasteiger partial charge in [-0.05, 0) is 169 Å². The lowest BCUT2D eigenvalue weighted by atomic mass is 9.81. The highest BCUT2D eigenvalue weighted by molar-refractivity contribution is 6.31. The molecule has 0 saturated carbocycles. The van der Waals surface area contributed by atoms with Gasteiger partial charge in [0.2, 0.25) is 0 Å². The molecule has 8 heteroatoms. The molecule has 0 aromatic heterocycles. The summed E-state index contributed by atoms with van der Waals surface area (Å²) in [6, 6.07) is 40.3. The fraction of sp³-hybridized carbons (Fsp3) is 0.308. The average Bonchev–Trinajstić information content (AvgIpc) is 3.19. The standard InChI is InChI=1S/C52H54Cl4N2O2/c1-49(2,3)45-31-37(33-11-19-39(53)20-12-33)29-43(35-15-23-41(55)24-16-35)47(45)57-59-51(7,8)27-28-52(9,10)60-58-48-44(36-17-25-42(56)26-18-36)30-38(32-46(48)50(4,5)6)34-13-21-40(54)22-14-34/h11-26,29-32H,27-28H2,1-10H3. The Bertz CT molecular complexity index is 2240. The highest BCUT2D eigenvalue weighted by Gasteiger charge is 2.32. The summed E-state index contributed by atoms with van der Waals surface area (Å²) in [5, 5.41) is 2.72. The number of nitrogens with zero attached hydrogens (tertiary/aromatic N) is 2. The van der Waals surface area contributed by atoms with E-state index in [2.05, 4.69) is 93.5 Å². The third kappa shape index (κ3) is 11.5. The second kappa shape index (κ2) is 18.2. The second-order valence-corrected chi connectivity index (χ2v) is 20.5. The molecule has 0 N–H and O–H groups in total. The summed E-state index contributed by atoms with van der Waals surface area (Å²) >= 11 is 25.2. The van der Waals surface area contributed by atoms with Gasteiger partial charge in [0.05, 0.1) is 11.2 Å².